The number of pyridine rings is 1. The number of hydrogen-bond donors (Lipinski definition) is 3. The predicted molar refractivity (Wildman–Crippen MR) is 82.8 cm³/mol. The SMILES string of the molecule is Cc1cc(C(=O)NC2C(c3cccnc3)CC(O)C2O)n(C)n1. The van der Waals surface area contributed by atoms with Crippen molar-refractivity contribution in [1.29, 1.82) is 0 Å². The van der Waals surface area contributed by atoms with Gasteiger partial charge in [-0.1, -0.05) is 6.07 Å². The van der Waals surface area contributed by atoms with Gasteiger partial charge in [0.15, 0.2) is 0 Å². The second kappa shape index (κ2) is 6.10. The van der Waals surface area contributed by atoms with E-state index in [1.165, 1.54) is 4.68 Å². The number of amides is 1. The molecule has 3 rings (SSSR count). The number of aryl methyl sites for hydroxylation is 2. The highest BCUT2D eigenvalue weighted by Crippen LogP contribution is 2.35. The fourth-order valence-electron chi connectivity index (χ4n) is 3.20. The van der Waals surface area contributed by atoms with E-state index in [-0.39, 0.29) is 11.8 Å². The van der Waals surface area contributed by atoms with Gasteiger partial charge in [-0.25, -0.2) is 0 Å². The lowest BCUT2D eigenvalue weighted by atomic mass is 9.95. The predicted octanol–water partition coefficient (Wildman–Crippen LogP) is 0.131. The minimum atomic E-state index is -1.02. The average molecular weight is 316 g/mol. The fourth-order valence-corrected chi connectivity index (χ4v) is 3.20. The Morgan fingerprint density at radius 2 is 2.22 bits per heavy atom. The summed E-state index contributed by atoms with van der Waals surface area (Å²) in [5, 5.41) is 27.2. The molecule has 2 aromatic heterocycles. The van der Waals surface area contributed by atoms with Crippen LogP contribution >= 0.6 is 0 Å². The number of aliphatic hydroxyl groups excluding tert-OH is 2. The zero-order valence-electron chi connectivity index (χ0n) is 13.0. The average Bonchev–Trinajstić information content (AvgIpc) is 3.01. The van der Waals surface area contributed by atoms with Gasteiger partial charge in [0, 0.05) is 25.4 Å². The van der Waals surface area contributed by atoms with Crippen LogP contribution in [-0.4, -0.2) is 49.1 Å². The van der Waals surface area contributed by atoms with Crippen molar-refractivity contribution in [2.45, 2.75) is 37.5 Å². The number of nitrogens with one attached hydrogen (secondary N) is 1. The molecule has 1 amide bonds. The van der Waals surface area contributed by atoms with Crippen molar-refractivity contribution in [3.63, 3.8) is 0 Å². The number of nitrogens with zero attached hydrogens (tertiary/aromatic N) is 3. The van der Waals surface area contributed by atoms with Crippen molar-refractivity contribution in [3.05, 3.63) is 47.5 Å². The molecular weight excluding hydrogens is 296 g/mol. The van der Waals surface area contributed by atoms with E-state index < -0.39 is 18.2 Å². The molecule has 0 bridgehead atoms. The summed E-state index contributed by atoms with van der Waals surface area (Å²) in [4.78, 5) is 16.6. The zero-order valence-corrected chi connectivity index (χ0v) is 13.0. The molecule has 23 heavy (non-hydrogen) atoms. The third kappa shape index (κ3) is 2.97. The van der Waals surface area contributed by atoms with Crippen LogP contribution in [0.1, 0.15) is 34.1 Å². The molecule has 7 nitrogen and oxygen atoms in total. The molecule has 4 unspecified atom stereocenters. The molecule has 0 saturated heterocycles. The van der Waals surface area contributed by atoms with E-state index in [4.69, 9.17) is 0 Å². The van der Waals surface area contributed by atoms with Crippen LogP contribution in [0.15, 0.2) is 30.6 Å². The van der Waals surface area contributed by atoms with Crippen molar-refractivity contribution in [2.24, 2.45) is 7.05 Å². The summed E-state index contributed by atoms with van der Waals surface area (Å²) in [6, 6.07) is 4.80. The molecule has 3 N–H and O–H groups in total. The maximum Gasteiger partial charge on any atom is 0.269 e. The van der Waals surface area contributed by atoms with E-state index in [0.717, 1.165) is 11.3 Å². The molecule has 1 saturated carbocycles. The number of aromatic nitrogens is 3. The van der Waals surface area contributed by atoms with Crippen molar-refractivity contribution in [1.82, 2.24) is 20.1 Å². The van der Waals surface area contributed by atoms with Crippen LogP contribution in [0, 0.1) is 6.92 Å². The Morgan fingerprint density at radius 3 is 2.83 bits per heavy atom. The summed E-state index contributed by atoms with van der Waals surface area (Å²) in [6.45, 7) is 1.81. The summed E-state index contributed by atoms with van der Waals surface area (Å²) >= 11 is 0. The number of rotatable bonds is 3. The highest BCUT2D eigenvalue weighted by atomic mass is 16.3. The van der Waals surface area contributed by atoms with Gasteiger partial charge < -0.3 is 15.5 Å². The molecule has 1 aliphatic rings. The molecule has 122 valence electrons. The summed E-state index contributed by atoms with van der Waals surface area (Å²) in [7, 11) is 1.69. The van der Waals surface area contributed by atoms with E-state index in [1.54, 1.807) is 31.6 Å². The first-order valence-electron chi connectivity index (χ1n) is 7.55. The largest absolute Gasteiger partial charge is 0.390 e. The Kier molecular flexibility index (Phi) is 4.14. The van der Waals surface area contributed by atoms with Crippen molar-refractivity contribution >= 4 is 5.91 Å². The topological polar surface area (TPSA) is 100 Å². The van der Waals surface area contributed by atoms with Gasteiger partial charge in [0.1, 0.15) is 11.8 Å². The van der Waals surface area contributed by atoms with E-state index in [0.29, 0.717) is 12.1 Å². The van der Waals surface area contributed by atoms with Gasteiger partial charge in [0.25, 0.3) is 5.91 Å². The second-order valence-corrected chi connectivity index (χ2v) is 5.98. The minimum absolute atomic E-state index is 0.188. The lowest BCUT2D eigenvalue weighted by Gasteiger charge is -2.23. The highest BCUT2D eigenvalue weighted by Gasteiger charge is 2.43. The van der Waals surface area contributed by atoms with Crippen LogP contribution in [0.5, 0.6) is 0 Å². The molecule has 2 heterocycles. The van der Waals surface area contributed by atoms with Gasteiger partial charge in [-0.15, -0.1) is 0 Å². The first-order chi connectivity index (χ1) is 11.0. The summed E-state index contributed by atoms with van der Waals surface area (Å²) in [5.74, 6) is -0.507. The molecule has 4 atom stereocenters. The Labute approximate surface area is 134 Å². The summed E-state index contributed by atoms with van der Waals surface area (Å²) < 4.78 is 1.50. The Morgan fingerprint density at radius 1 is 1.43 bits per heavy atom. The van der Waals surface area contributed by atoms with E-state index in [2.05, 4.69) is 15.4 Å². The summed E-state index contributed by atoms with van der Waals surface area (Å²) in [5.41, 5.74) is 2.05. The molecular formula is C16H20N4O3. The molecule has 0 radical (unpaired) electrons. The van der Waals surface area contributed by atoms with Gasteiger partial charge >= 0.3 is 0 Å². The third-order valence-electron chi connectivity index (χ3n) is 4.34. The van der Waals surface area contributed by atoms with Crippen molar-refractivity contribution in [2.75, 3.05) is 0 Å². The van der Waals surface area contributed by atoms with E-state index in [9.17, 15) is 15.0 Å². The van der Waals surface area contributed by atoms with E-state index in [1.807, 2.05) is 13.0 Å². The minimum Gasteiger partial charge on any atom is -0.390 e. The van der Waals surface area contributed by atoms with Crippen LogP contribution in [-0.2, 0) is 7.05 Å². The molecule has 0 aromatic carbocycles. The second-order valence-electron chi connectivity index (χ2n) is 5.98. The lowest BCUT2D eigenvalue weighted by molar-refractivity contribution is 0.0293. The fraction of sp³-hybridized carbons (Fsp3) is 0.438. The Bertz CT molecular complexity index is 701. The van der Waals surface area contributed by atoms with Gasteiger partial charge in [-0.2, -0.15) is 5.10 Å². The molecule has 1 fully saturated rings. The number of hydrogen-bond acceptors (Lipinski definition) is 5. The van der Waals surface area contributed by atoms with Crippen molar-refractivity contribution < 1.29 is 15.0 Å². The third-order valence-corrected chi connectivity index (χ3v) is 4.34. The number of carbonyl (C=O) groups excluding carboxylic acids is 1. The van der Waals surface area contributed by atoms with Gasteiger partial charge in [-0.05, 0) is 31.0 Å². The van der Waals surface area contributed by atoms with E-state index >= 15 is 0 Å². The molecule has 7 heteroatoms. The van der Waals surface area contributed by atoms with Gasteiger partial charge in [0.2, 0.25) is 0 Å². The van der Waals surface area contributed by atoms with Crippen LogP contribution in [0.2, 0.25) is 0 Å². The lowest BCUT2D eigenvalue weighted by Crippen LogP contribution is -2.45. The monoisotopic (exact) mass is 316 g/mol. The standard InChI is InChI=1S/C16H20N4O3/c1-9-6-12(20(2)19-9)16(23)18-14-11(7-13(21)15(14)22)10-4-3-5-17-8-10/h3-6,8,11,13-15,21-22H,7H2,1-2H3,(H,18,23). The molecule has 1 aliphatic carbocycles. The molecule has 0 spiro atoms. The van der Waals surface area contributed by atoms with Crippen molar-refractivity contribution in [3.8, 4) is 0 Å². The normalized spacial score (nSPS) is 27.1. The smallest absolute Gasteiger partial charge is 0.269 e. The highest BCUT2D eigenvalue weighted by molar-refractivity contribution is 5.93. The Hall–Kier alpha value is -2.25. The van der Waals surface area contributed by atoms with Crippen LogP contribution in [0.3, 0.4) is 0 Å². The molecule has 0 aliphatic heterocycles. The van der Waals surface area contributed by atoms with Gasteiger partial charge in [-0.3, -0.25) is 14.5 Å². The van der Waals surface area contributed by atoms with Crippen LogP contribution in [0.25, 0.3) is 0 Å². The number of aliphatic hydroxyl groups is 2. The quantitative estimate of drug-likeness (QED) is 0.747. The van der Waals surface area contributed by atoms with Crippen LogP contribution in [0.4, 0.5) is 0 Å². The number of carbonyl (C=O) groups is 1. The first-order valence-corrected chi connectivity index (χ1v) is 7.55. The maximum absolute atomic E-state index is 12.5. The van der Waals surface area contributed by atoms with Gasteiger partial charge in [0.05, 0.1) is 17.8 Å². The zero-order chi connectivity index (χ0) is 16.6. The first kappa shape index (κ1) is 15.6. The van der Waals surface area contributed by atoms with Crippen LogP contribution < -0.4 is 5.32 Å². The maximum atomic E-state index is 12.5. The summed E-state index contributed by atoms with van der Waals surface area (Å²) in [6.07, 6.45) is 1.85. The Balaban J connectivity index is 1.84. The molecule has 2 aromatic rings.